The fourth-order valence-corrected chi connectivity index (χ4v) is 2.79. The Morgan fingerprint density at radius 2 is 1.86 bits per heavy atom. The highest BCUT2D eigenvalue weighted by Crippen LogP contribution is 2.19. The van der Waals surface area contributed by atoms with Gasteiger partial charge in [0.05, 0.1) is 5.69 Å². The van der Waals surface area contributed by atoms with Crippen LogP contribution in [0.15, 0.2) is 43.1 Å². The molecule has 0 radical (unpaired) electrons. The molecule has 0 amide bonds. The van der Waals surface area contributed by atoms with Crippen LogP contribution in [0.5, 0.6) is 0 Å². The molecule has 3 rings (SSSR count). The van der Waals surface area contributed by atoms with Crippen molar-refractivity contribution in [2.45, 2.75) is 19.5 Å². The zero-order valence-corrected chi connectivity index (χ0v) is 12.4. The van der Waals surface area contributed by atoms with E-state index in [4.69, 9.17) is 0 Å². The van der Waals surface area contributed by atoms with Gasteiger partial charge in [0.2, 0.25) is 0 Å². The minimum absolute atomic E-state index is 0.383. The Labute approximate surface area is 125 Å². The van der Waals surface area contributed by atoms with E-state index in [1.165, 1.54) is 5.56 Å². The van der Waals surface area contributed by atoms with Gasteiger partial charge in [-0.25, -0.2) is 9.97 Å². The number of nitrogens with zero attached hydrogens (tertiary/aromatic N) is 5. The van der Waals surface area contributed by atoms with Gasteiger partial charge in [-0.2, -0.15) is 0 Å². The Bertz CT molecular complexity index is 537. The molecule has 5 heteroatoms. The largest absolute Gasteiger partial charge is 0.296 e. The first-order valence-electron chi connectivity index (χ1n) is 7.44. The first kappa shape index (κ1) is 14.1. The SMILES string of the molecule is CC(c1ccccn1)N1CCN(Cc2cncnc2)CC1. The lowest BCUT2D eigenvalue weighted by Crippen LogP contribution is -2.46. The van der Waals surface area contributed by atoms with Gasteiger partial charge in [0.25, 0.3) is 0 Å². The highest BCUT2D eigenvalue weighted by atomic mass is 15.3. The van der Waals surface area contributed by atoms with Crippen LogP contribution in [-0.2, 0) is 6.54 Å². The van der Waals surface area contributed by atoms with Crippen LogP contribution in [0, 0.1) is 0 Å². The Balaban J connectivity index is 1.53. The zero-order chi connectivity index (χ0) is 14.5. The van der Waals surface area contributed by atoms with E-state index in [1.54, 1.807) is 6.33 Å². The molecule has 1 fully saturated rings. The molecule has 3 heterocycles. The van der Waals surface area contributed by atoms with E-state index in [2.05, 4.69) is 43.8 Å². The van der Waals surface area contributed by atoms with E-state index < -0.39 is 0 Å². The van der Waals surface area contributed by atoms with Crippen molar-refractivity contribution < 1.29 is 0 Å². The standard InChI is InChI=1S/C16H21N5/c1-14(16-4-2-3-5-19-16)21-8-6-20(7-9-21)12-15-10-17-13-18-11-15/h2-5,10-11,13-14H,6-9,12H2,1H3. The highest BCUT2D eigenvalue weighted by Gasteiger charge is 2.22. The molecule has 1 aliphatic rings. The van der Waals surface area contributed by atoms with Gasteiger partial charge in [0.1, 0.15) is 6.33 Å². The van der Waals surface area contributed by atoms with Gasteiger partial charge in [0.15, 0.2) is 0 Å². The van der Waals surface area contributed by atoms with E-state index in [9.17, 15) is 0 Å². The van der Waals surface area contributed by atoms with Crippen molar-refractivity contribution in [2.24, 2.45) is 0 Å². The summed E-state index contributed by atoms with van der Waals surface area (Å²) in [7, 11) is 0. The van der Waals surface area contributed by atoms with Crippen LogP contribution in [0.2, 0.25) is 0 Å². The molecule has 0 bridgehead atoms. The molecule has 1 unspecified atom stereocenters. The van der Waals surface area contributed by atoms with E-state index in [0.717, 1.165) is 38.4 Å². The zero-order valence-electron chi connectivity index (χ0n) is 12.4. The monoisotopic (exact) mass is 283 g/mol. The molecular formula is C16H21N5. The lowest BCUT2D eigenvalue weighted by Gasteiger charge is -2.37. The summed E-state index contributed by atoms with van der Waals surface area (Å²) in [4.78, 5) is 17.6. The average molecular weight is 283 g/mol. The van der Waals surface area contributed by atoms with Gasteiger partial charge >= 0.3 is 0 Å². The molecule has 1 atom stereocenters. The molecule has 110 valence electrons. The summed E-state index contributed by atoms with van der Waals surface area (Å²) in [6.45, 7) is 7.48. The summed E-state index contributed by atoms with van der Waals surface area (Å²) in [5.41, 5.74) is 2.34. The van der Waals surface area contributed by atoms with Crippen LogP contribution in [0.4, 0.5) is 0 Å². The first-order chi connectivity index (χ1) is 10.3. The summed E-state index contributed by atoms with van der Waals surface area (Å²) in [5, 5.41) is 0. The number of rotatable bonds is 4. The normalized spacial score (nSPS) is 18.5. The molecule has 5 nitrogen and oxygen atoms in total. The van der Waals surface area contributed by atoms with Crippen molar-refractivity contribution in [1.82, 2.24) is 24.8 Å². The van der Waals surface area contributed by atoms with Gasteiger partial charge in [0, 0.05) is 62.9 Å². The molecular weight excluding hydrogens is 262 g/mol. The van der Waals surface area contributed by atoms with Gasteiger partial charge in [-0.3, -0.25) is 14.8 Å². The molecule has 0 saturated carbocycles. The summed E-state index contributed by atoms with van der Waals surface area (Å²) in [5.74, 6) is 0. The predicted molar refractivity (Wildman–Crippen MR) is 81.5 cm³/mol. The Kier molecular flexibility index (Phi) is 4.52. The molecule has 1 saturated heterocycles. The van der Waals surface area contributed by atoms with Gasteiger partial charge in [-0.1, -0.05) is 6.07 Å². The molecule has 0 aromatic carbocycles. The minimum atomic E-state index is 0.383. The maximum absolute atomic E-state index is 4.47. The van der Waals surface area contributed by atoms with Gasteiger partial charge in [-0.05, 0) is 19.1 Å². The number of aromatic nitrogens is 3. The smallest absolute Gasteiger partial charge is 0.115 e. The minimum Gasteiger partial charge on any atom is -0.296 e. The fraction of sp³-hybridized carbons (Fsp3) is 0.438. The number of hydrogen-bond acceptors (Lipinski definition) is 5. The van der Waals surface area contributed by atoms with Gasteiger partial charge < -0.3 is 0 Å². The highest BCUT2D eigenvalue weighted by molar-refractivity contribution is 5.08. The second-order valence-electron chi connectivity index (χ2n) is 5.49. The van der Waals surface area contributed by atoms with Crippen molar-refractivity contribution in [3.63, 3.8) is 0 Å². The average Bonchev–Trinajstić information content (AvgIpc) is 2.57. The van der Waals surface area contributed by atoms with Crippen LogP contribution in [0.1, 0.15) is 24.2 Å². The van der Waals surface area contributed by atoms with E-state index >= 15 is 0 Å². The van der Waals surface area contributed by atoms with Crippen molar-refractivity contribution >= 4 is 0 Å². The van der Waals surface area contributed by atoms with Crippen LogP contribution in [0.25, 0.3) is 0 Å². The predicted octanol–water partition coefficient (Wildman–Crippen LogP) is 1.75. The summed E-state index contributed by atoms with van der Waals surface area (Å²) in [6, 6.07) is 6.52. The molecule has 2 aromatic heterocycles. The molecule has 21 heavy (non-hydrogen) atoms. The third-order valence-electron chi connectivity index (χ3n) is 4.09. The third kappa shape index (κ3) is 3.62. The van der Waals surface area contributed by atoms with Crippen LogP contribution < -0.4 is 0 Å². The number of piperazine rings is 1. The van der Waals surface area contributed by atoms with Crippen molar-refractivity contribution in [3.8, 4) is 0 Å². The van der Waals surface area contributed by atoms with Crippen molar-refractivity contribution in [1.29, 1.82) is 0 Å². The van der Waals surface area contributed by atoms with Crippen LogP contribution in [0.3, 0.4) is 0 Å². The lowest BCUT2D eigenvalue weighted by molar-refractivity contribution is 0.0963. The van der Waals surface area contributed by atoms with Gasteiger partial charge in [-0.15, -0.1) is 0 Å². The quantitative estimate of drug-likeness (QED) is 0.855. The summed E-state index contributed by atoms with van der Waals surface area (Å²) >= 11 is 0. The molecule has 0 spiro atoms. The number of hydrogen-bond donors (Lipinski definition) is 0. The maximum atomic E-state index is 4.47. The molecule has 0 aliphatic carbocycles. The van der Waals surface area contributed by atoms with Crippen LogP contribution >= 0.6 is 0 Å². The first-order valence-corrected chi connectivity index (χ1v) is 7.44. The maximum Gasteiger partial charge on any atom is 0.115 e. The second kappa shape index (κ2) is 6.74. The summed E-state index contributed by atoms with van der Waals surface area (Å²) in [6.07, 6.45) is 7.25. The fourth-order valence-electron chi connectivity index (χ4n) is 2.79. The Hall–Kier alpha value is -1.85. The third-order valence-corrected chi connectivity index (χ3v) is 4.09. The molecule has 0 N–H and O–H groups in total. The van der Waals surface area contributed by atoms with E-state index in [-0.39, 0.29) is 0 Å². The Morgan fingerprint density at radius 1 is 1.10 bits per heavy atom. The molecule has 1 aliphatic heterocycles. The summed E-state index contributed by atoms with van der Waals surface area (Å²) < 4.78 is 0. The van der Waals surface area contributed by atoms with E-state index in [1.807, 2.05) is 24.7 Å². The van der Waals surface area contributed by atoms with Crippen molar-refractivity contribution in [2.75, 3.05) is 26.2 Å². The van der Waals surface area contributed by atoms with Crippen molar-refractivity contribution in [3.05, 3.63) is 54.4 Å². The Morgan fingerprint density at radius 3 is 2.52 bits per heavy atom. The molecule has 2 aromatic rings. The lowest BCUT2D eigenvalue weighted by atomic mass is 10.1. The van der Waals surface area contributed by atoms with Crippen LogP contribution in [-0.4, -0.2) is 50.9 Å². The second-order valence-corrected chi connectivity index (χ2v) is 5.49. The van der Waals surface area contributed by atoms with E-state index in [0.29, 0.717) is 6.04 Å². The topological polar surface area (TPSA) is 45.2 Å². The number of pyridine rings is 1.